The van der Waals surface area contributed by atoms with E-state index in [0.29, 0.717) is 5.15 Å². The number of hydrogen-bond acceptors (Lipinski definition) is 2. The first kappa shape index (κ1) is 15.1. The molecule has 0 saturated carbocycles. The van der Waals surface area contributed by atoms with Gasteiger partial charge in [0, 0.05) is 15.7 Å². The molecule has 1 aliphatic carbocycles. The third kappa shape index (κ3) is 2.92. The van der Waals surface area contributed by atoms with Gasteiger partial charge in [0.05, 0.1) is 11.7 Å². The fourth-order valence-corrected chi connectivity index (χ4v) is 3.63. The molecule has 5 heteroatoms. The van der Waals surface area contributed by atoms with Crippen LogP contribution in [0.3, 0.4) is 0 Å². The molecule has 0 aliphatic heterocycles. The van der Waals surface area contributed by atoms with Crippen LogP contribution in [0.15, 0.2) is 34.9 Å². The molecule has 21 heavy (non-hydrogen) atoms. The minimum atomic E-state index is 0.0820. The van der Waals surface area contributed by atoms with Crippen LogP contribution < -0.4 is 5.32 Å². The maximum Gasteiger partial charge on any atom is 0.152 e. The molecular formula is C16H15BrCl2N2. The maximum atomic E-state index is 6.21. The molecular weight excluding hydrogens is 371 g/mol. The number of nitrogens with zero attached hydrogens (tertiary/aromatic N) is 1. The first-order chi connectivity index (χ1) is 9.87. The molecule has 1 N–H and O–H groups in total. The molecule has 0 spiro atoms. The smallest absolute Gasteiger partial charge is 0.152 e. The maximum absolute atomic E-state index is 6.21. The van der Waals surface area contributed by atoms with Gasteiger partial charge in [0.25, 0.3) is 0 Å². The second-order valence-corrected chi connectivity index (χ2v) is 7.79. The molecule has 1 heterocycles. The summed E-state index contributed by atoms with van der Waals surface area (Å²) in [7, 11) is 0. The average molecular weight is 386 g/mol. The molecule has 0 fully saturated rings. The summed E-state index contributed by atoms with van der Waals surface area (Å²) in [5.74, 6) is 0. The monoisotopic (exact) mass is 384 g/mol. The molecule has 0 amide bonds. The normalized spacial score (nSPS) is 19.4. The molecule has 110 valence electrons. The highest BCUT2D eigenvalue weighted by Gasteiger charge is 2.39. The summed E-state index contributed by atoms with van der Waals surface area (Å²) in [6.45, 7) is 4.50. The minimum absolute atomic E-state index is 0.0820. The SMILES string of the molecule is CC1(C)Cc2ccc(Cl)cc2C1Nc1cc(Br)cnc1Cl. The molecule has 1 unspecified atom stereocenters. The predicted molar refractivity (Wildman–Crippen MR) is 92.2 cm³/mol. The number of benzene rings is 1. The zero-order valence-corrected chi connectivity index (χ0v) is 14.9. The third-order valence-corrected chi connectivity index (χ3v) is 4.92. The van der Waals surface area contributed by atoms with Crippen molar-refractivity contribution in [3.63, 3.8) is 0 Å². The second kappa shape index (κ2) is 5.45. The lowest BCUT2D eigenvalue weighted by Gasteiger charge is -2.29. The molecule has 0 bridgehead atoms. The van der Waals surface area contributed by atoms with Crippen LogP contribution in [0, 0.1) is 5.41 Å². The van der Waals surface area contributed by atoms with Crippen LogP contribution in [-0.4, -0.2) is 4.98 Å². The van der Waals surface area contributed by atoms with E-state index in [2.05, 4.69) is 46.1 Å². The van der Waals surface area contributed by atoms with E-state index >= 15 is 0 Å². The molecule has 0 saturated heterocycles. The summed E-state index contributed by atoms with van der Waals surface area (Å²) < 4.78 is 0.900. The van der Waals surface area contributed by atoms with Gasteiger partial charge in [-0.15, -0.1) is 0 Å². The quantitative estimate of drug-likeness (QED) is 0.652. The number of aromatic nitrogens is 1. The van der Waals surface area contributed by atoms with Crippen LogP contribution in [0.4, 0.5) is 5.69 Å². The summed E-state index contributed by atoms with van der Waals surface area (Å²) in [5.41, 5.74) is 3.49. The van der Waals surface area contributed by atoms with Gasteiger partial charge in [-0.3, -0.25) is 0 Å². The van der Waals surface area contributed by atoms with E-state index in [4.69, 9.17) is 23.2 Å². The summed E-state index contributed by atoms with van der Waals surface area (Å²) in [4.78, 5) is 4.17. The van der Waals surface area contributed by atoms with Crippen LogP contribution >= 0.6 is 39.1 Å². The molecule has 2 nitrogen and oxygen atoms in total. The Morgan fingerprint density at radius 3 is 2.81 bits per heavy atom. The summed E-state index contributed by atoms with van der Waals surface area (Å²) in [5, 5.41) is 4.78. The summed E-state index contributed by atoms with van der Waals surface area (Å²) in [6.07, 6.45) is 2.70. The standard InChI is InChI=1S/C16H15BrCl2N2/c1-16(2)7-9-3-4-11(18)6-12(9)14(16)21-13-5-10(17)8-20-15(13)19/h3-6,8,14,21H,7H2,1-2H3. The Hall–Kier alpha value is -0.770. The highest BCUT2D eigenvalue weighted by Crippen LogP contribution is 2.48. The van der Waals surface area contributed by atoms with Crippen molar-refractivity contribution in [2.45, 2.75) is 26.3 Å². The number of pyridine rings is 1. The molecule has 0 radical (unpaired) electrons. The van der Waals surface area contributed by atoms with Gasteiger partial charge in [-0.25, -0.2) is 4.98 Å². The van der Waals surface area contributed by atoms with Crippen LogP contribution in [0.5, 0.6) is 0 Å². The van der Waals surface area contributed by atoms with E-state index < -0.39 is 0 Å². The molecule has 1 aromatic carbocycles. The topological polar surface area (TPSA) is 24.9 Å². The van der Waals surface area contributed by atoms with Crippen molar-refractivity contribution in [1.29, 1.82) is 0 Å². The van der Waals surface area contributed by atoms with Crippen molar-refractivity contribution in [3.8, 4) is 0 Å². The Labute approximate surface area is 143 Å². The van der Waals surface area contributed by atoms with Crippen molar-refractivity contribution in [3.05, 3.63) is 56.2 Å². The summed E-state index contributed by atoms with van der Waals surface area (Å²) in [6, 6.07) is 8.21. The zero-order chi connectivity index (χ0) is 15.2. The van der Waals surface area contributed by atoms with Crippen LogP contribution in [0.2, 0.25) is 10.2 Å². The largest absolute Gasteiger partial charge is 0.375 e. The predicted octanol–water partition coefficient (Wildman–Crippen LogP) is 5.89. The fourth-order valence-electron chi connectivity index (χ4n) is 2.96. The van der Waals surface area contributed by atoms with E-state index in [9.17, 15) is 0 Å². The van der Waals surface area contributed by atoms with Crippen LogP contribution in [-0.2, 0) is 6.42 Å². The van der Waals surface area contributed by atoms with E-state index in [0.717, 1.165) is 21.6 Å². The molecule has 1 aromatic heterocycles. The highest BCUT2D eigenvalue weighted by atomic mass is 79.9. The first-order valence-corrected chi connectivity index (χ1v) is 8.27. The van der Waals surface area contributed by atoms with Crippen LogP contribution in [0.1, 0.15) is 31.0 Å². The van der Waals surface area contributed by atoms with Crippen molar-refractivity contribution in [1.82, 2.24) is 4.98 Å². The second-order valence-electron chi connectivity index (χ2n) is 6.08. The lowest BCUT2D eigenvalue weighted by Crippen LogP contribution is -2.24. The minimum Gasteiger partial charge on any atom is -0.375 e. The average Bonchev–Trinajstić information content (AvgIpc) is 2.65. The Balaban J connectivity index is 2.01. The van der Waals surface area contributed by atoms with Gasteiger partial charge in [0.15, 0.2) is 5.15 Å². The lowest BCUT2D eigenvalue weighted by atomic mass is 9.85. The first-order valence-electron chi connectivity index (χ1n) is 6.73. The van der Waals surface area contributed by atoms with Crippen molar-refractivity contribution in [2.24, 2.45) is 5.41 Å². The third-order valence-electron chi connectivity index (χ3n) is 3.95. The van der Waals surface area contributed by atoms with Crippen molar-refractivity contribution < 1.29 is 0 Å². The summed E-state index contributed by atoms with van der Waals surface area (Å²) >= 11 is 15.8. The lowest BCUT2D eigenvalue weighted by molar-refractivity contribution is 0.337. The zero-order valence-electron chi connectivity index (χ0n) is 11.8. The Morgan fingerprint density at radius 2 is 2.05 bits per heavy atom. The molecule has 1 aliphatic rings. The molecule has 3 rings (SSSR count). The van der Waals surface area contributed by atoms with Gasteiger partial charge in [0.1, 0.15) is 0 Å². The van der Waals surface area contributed by atoms with Crippen molar-refractivity contribution in [2.75, 3.05) is 5.32 Å². The number of nitrogens with one attached hydrogen (secondary N) is 1. The number of anilines is 1. The van der Waals surface area contributed by atoms with Crippen LogP contribution in [0.25, 0.3) is 0 Å². The Kier molecular flexibility index (Phi) is 3.93. The number of hydrogen-bond donors (Lipinski definition) is 1. The van der Waals surface area contributed by atoms with E-state index in [1.54, 1.807) is 6.20 Å². The van der Waals surface area contributed by atoms with E-state index in [1.165, 1.54) is 11.1 Å². The Bertz CT molecular complexity index is 701. The van der Waals surface area contributed by atoms with Gasteiger partial charge in [-0.2, -0.15) is 0 Å². The van der Waals surface area contributed by atoms with Gasteiger partial charge in [-0.05, 0) is 57.1 Å². The Morgan fingerprint density at radius 1 is 1.29 bits per heavy atom. The molecule has 2 aromatic rings. The number of halogens is 3. The van der Waals surface area contributed by atoms with Gasteiger partial charge < -0.3 is 5.32 Å². The highest BCUT2D eigenvalue weighted by molar-refractivity contribution is 9.10. The van der Waals surface area contributed by atoms with Crippen molar-refractivity contribution >= 4 is 44.8 Å². The van der Waals surface area contributed by atoms with Gasteiger partial charge >= 0.3 is 0 Å². The number of rotatable bonds is 2. The van der Waals surface area contributed by atoms with E-state index in [-0.39, 0.29) is 11.5 Å². The van der Waals surface area contributed by atoms with Gasteiger partial charge in [-0.1, -0.05) is 43.1 Å². The van der Waals surface area contributed by atoms with Gasteiger partial charge in [0.2, 0.25) is 0 Å². The van der Waals surface area contributed by atoms with E-state index in [1.807, 2.05) is 18.2 Å². The fraction of sp³-hybridized carbons (Fsp3) is 0.312. The molecule has 1 atom stereocenters. The number of fused-ring (bicyclic) bond motifs is 1.